The molecule has 8 heteroatoms. The van der Waals surface area contributed by atoms with Crippen LogP contribution in [0.15, 0.2) is 0 Å². The number of sulfonamides is 1. The quantitative estimate of drug-likeness (QED) is 0.668. The van der Waals surface area contributed by atoms with Crippen molar-refractivity contribution in [2.45, 2.75) is 30.9 Å². The first kappa shape index (κ1) is 15.7. The van der Waals surface area contributed by atoms with E-state index in [0.717, 1.165) is 12.8 Å². The zero-order valence-electron chi connectivity index (χ0n) is 12.7. The smallest absolute Gasteiger partial charge is 0.308 e. The van der Waals surface area contributed by atoms with Crippen LogP contribution in [0, 0.1) is 11.8 Å². The lowest BCUT2D eigenvalue weighted by molar-refractivity contribution is -0.150. The van der Waals surface area contributed by atoms with E-state index in [0.29, 0.717) is 39.0 Å². The number of carbonyl (C=O) groups excluding carboxylic acids is 2. The Bertz CT molecular complexity index is 558. The minimum atomic E-state index is -3.15. The number of rotatable bonds is 4. The Morgan fingerprint density at radius 1 is 1.00 bits per heavy atom. The molecule has 0 unspecified atom stereocenters. The first-order chi connectivity index (χ1) is 10.4. The van der Waals surface area contributed by atoms with E-state index < -0.39 is 10.0 Å². The molecule has 0 N–H and O–H groups in total. The molecule has 0 radical (unpaired) electrons. The molecule has 7 nitrogen and oxygen atoms in total. The Labute approximate surface area is 130 Å². The second-order valence-corrected chi connectivity index (χ2v) is 8.59. The second-order valence-electron chi connectivity index (χ2n) is 6.38. The van der Waals surface area contributed by atoms with Crippen LogP contribution in [0.5, 0.6) is 0 Å². The van der Waals surface area contributed by atoms with Crippen LogP contribution in [-0.2, 0) is 24.3 Å². The van der Waals surface area contributed by atoms with Crippen LogP contribution in [-0.4, -0.2) is 68.0 Å². The maximum absolute atomic E-state index is 12.4. The van der Waals surface area contributed by atoms with Crippen LogP contribution in [0.1, 0.15) is 25.7 Å². The lowest BCUT2D eigenvalue weighted by Gasteiger charge is -2.41. The van der Waals surface area contributed by atoms with Crippen LogP contribution >= 0.6 is 0 Å². The van der Waals surface area contributed by atoms with Gasteiger partial charge >= 0.3 is 5.97 Å². The highest BCUT2D eigenvalue weighted by atomic mass is 32.2. The van der Waals surface area contributed by atoms with Gasteiger partial charge in [-0.1, -0.05) is 0 Å². The fraction of sp³-hybridized carbons (Fsp3) is 0.857. The van der Waals surface area contributed by atoms with Crippen LogP contribution < -0.4 is 0 Å². The monoisotopic (exact) mass is 330 g/mol. The fourth-order valence-corrected chi connectivity index (χ4v) is 5.07. The number of esters is 1. The first-order valence-electron chi connectivity index (χ1n) is 7.79. The number of methoxy groups -OCH3 is 1. The number of hydrogen-bond acceptors (Lipinski definition) is 5. The average molecular weight is 330 g/mol. The van der Waals surface area contributed by atoms with Crippen LogP contribution in [0.3, 0.4) is 0 Å². The molecule has 3 rings (SSSR count). The molecule has 22 heavy (non-hydrogen) atoms. The van der Waals surface area contributed by atoms with Crippen molar-refractivity contribution in [3.05, 3.63) is 0 Å². The largest absolute Gasteiger partial charge is 0.469 e. The molecule has 1 amide bonds. The third kappa shape index (κ3) is 2.86. The van der Waals surface area contributed by atoms with E-state index in [2.05, 4.69) is 0 Å². The summed E-state index contributed by atoms with van der Waals surface area (Å²) in [6, 6.07) is 0. The second kappa shape index (κ2) is 5.81. The number of piperidine rings is 1. The molecule has 124 valence electrons. The predicted octanol–water partition coefficient (Wildman–Crippen LogP) is -0.178. The summed E-state index contributed by atoms with van der Waals surface area (Å²) in [5, 5.41) is -0.209. The summed E-state index contributed by atoms with van der Waals surface area (Å²) in [4.78, 5) is 25.6. The number of nitrogens with zero attached hydrogens (tertiary/aromatic N) is 2. The molecule has 0 spiro atoms. The van der Waals surface area contributed by atoms with E-state index in [1.54, 1.807) is 4.90 Å². The minimum Gasteiger partial charge on any atom is -0.469 e. The number of hydrogen-bond donors (Lipinski definition) is 0. The van der Waals surface area contributed by atoms with Crippen molar-refractivity contribution in [3.8, 4) is 0 Å². The van der Waals surface area contributed by atoms with Gasteiger partial charge in [0.1, 0.15) is 0 Å². The van der Waals surface area contributed by atoms with Gasteiger partial charge in [-0.2, -0.15) is 4.31 Å². The Hall–Kier alpha value is -1.15. The molecule has 1 saturated carbocycles. The third-order valence-corrected chi connectivity index (χ3v) is 7.18. The van der Waals surface area contributed by atoms with E-state index >= 15 is 0 Å². The standard InChI is InChI=1S/C14H22N2O5S/c1-21-14(18)10-4-6-15(7-5-10)13(17)11-8-16(9-11)22(19,20)12-2-3-12/h10-12H,2-9H2,1H3. The van der Waals surface area contributed by atoms with Gasteiger partial charge in [0.15, 0.2) is 0 Å². The van der Waals surface area contributed by atoms with Crippen molar-refractivity contribution in [3.63, 3.8) is 0 Å². The summed E-state index contributed by atoms with van der Waals surface area (Å²) in [5.74, 6) is -0.534. The summed E-state index contributed by atoms with van der Waals surface area (Å²) in [6.45, 7) is 1.72. The minimum absolute atomic E-state index is 0.0190. The first-order valence-corrected chi connectivity index (χ1v) is 9.29. The Morgan fingerprint density at radius 2 is 1.59 bits per heavy atom. The molecule has 0 aromatic carbocycles. The van der Waals surface area contributed by atoms with E-state index in [1.165, 1.54) is 11.4 Å². The van der Waals surface area contributed by atoms with Gasteiger partial charge in [-0.3, -0.25) is 9.59 Å². The maximum atomic E-state index is 12.4. The summed E-state index contributed by atoms with van der Waals surface area (Å²) >= 11 is 0. The van der Waals surface area contributed by atoms with Gasteiger partial charge in [-0.25, -0.2) is 8.42 Å². The zero-order chi connectivity index (χ0) is 15.9. The summed E-state index contributed by atoms with van der Waals surface area (Å²) in [5.41, 5.74) is 0. The number of carbonyl (C=O) groups is 2. The molecule has 2 heterocycles. The lowest BCUT2D eigenvalue weighted by atomic mass is 9.94. The van der Waals surface area contributed by atoms with Gasteiger partial charge in [-0.05, 0) is 25.7 Å². The normalized spacial score (nSPS) is 24.9. The average Bonchev–Trinajstić information content (AvgIpc) is 3.29. The van der Waals surface area contributed by atoms with Gasteiger partial charge in [0, 0.05) is 26.2 Å². The van der Waals surface area contributed by atoms with Crippen molar-refractivity contribution in [1.29, 1.82) is 0 Å². The molecule has 0 bridgehead atoms. The third-order valence-electron chi connectivity index (χ3n) is 4.84. The molecular weight excluding hydrogens is 308 g/mol. The van der Waals surface area contributed by atoms with Crippen LogP contribution in [0.2, 0.25) is 0 Å². The summed E-state index contributed by atoms with van der Waals surface area (Å²) < 4.78 is 30.2. The Balaban J connectivity index is 1.47. The molecular formula is C14H22N2O5S. The molecule has 3 aliphatic rings. The van der Waals surface area contributed by atoms with Crippen LogP contribution in [0.25, 0.3) is 0 Å². The highest BCUT2D eigenvalue weighted by Gasteiger charge is 2.47. The zero-order valence-corrected chi connectivity index (χ0v) is 13.5. The van der Waals surface area contributed by atoms with Crippen molar-refractivity contribution in [2.75, 3.05) is 33.3 Å². The molecule has 0 aromatic heterocycles. The van der Waals surface area contributed by atoms with E-state index in [1.807, 2.05) is 0 Å². The molecule has 1 aliphatic carbocycles. The number of likely N-dealkylation sites (tertiary alicyclic amines) is 1. The molecule has 3 fully saturated rings. The molecule has 0 aromatic rings. The van der Waals surface area contributed by atoms with Gasteiger partial charge in [0.05, 0.1) is 24.2 Å². The summed E-state index contributed by atoms with van der Waals surface area (Å²) in [7, 11) is -1.77. The van der Waals surface area contributed by atoms with Crippen molar-refractivity contribution < 1.29 is 22.7 Å². The van der Waals surface area contributed by atoms with Crippen molar-refractivity contribution in [1.82, 2.24) is 9.21 Å². The fourth-order valence-electron chi connectivity index (χ4n) is 3.14. The highest BCUT2D eigenvalue weighted by molar-refractivity contribution is 7.90. The van der Waals surface area contributed by atoms with E-state index in [-0.39, 0.29) is 29.0 Å². The highest BCUT2D eigenvalue weighted by Crippen LogP contribution is 2.35. The topological polar surface area (TPSA) is 84.0 Å². The van der Waals surface area contributed by atoms with Crippen molar-refractivity contribution in [2.24, 2.45) is 11.8 Å². The number of amides is 1. The number of ether oxygens (including phenoxy) is 1. The van der Waals surface area contributed by atoms with Gasteiger partial charge in [-0.15, -0.1) is 0 Å². The van der Waals surface area contributed by atoms with Crippen molar-refractivity contribution >= 4 is 21.9 Å². The Morgan fingerprint density at radius 3 is 2.09 bits per heavy atom. The van der Waals surface area contributed by atoms with E-state index in [4.69, 9.17) is 4.74 Å². The van der Waals surface area contributed by atoms with E-state index in [9.17, 15) is 18.0 Å². The van der Waals surface area contributed by atoms with Gasteiger partial charge in [0.2, 0.25) is 15.9 Å². The molecule has 2 saturated heterocycles. The summed E-state index contributed by atoms with van der Waals surface area (Å²) in [6.07, 6.45) is 2.74. The predicted molar refractivity (Wildman–Crippen MR) is 78.3 cm³/mol. The van der Waals surface area contributed by atoms with Gasteiger partial charge in [0.25, 0.3) is 0 Å². The lowest BCUT2D eigenvalue weighted by Crippen LogP contribution is -2.57. The van der Waals surface area contributed by atoms with Gasteiger partial charge < -0.3 is 9.64 Å². The molecule has 0 atom stereocenters. The molecule has 2 aliphatic heterocycles. The Kier molecular flexibility index (Phi) is 4.15. The maximum Gasteiger partial charge on any atom is 0.308 e. The van der Waals surface area contributed by atoms with Crippen LogP contribution in [0.4, 0.5) is 0 Å². The SMILES string of the molecule is COC(=O)C1CCN(C(=O)C2CN(S(=O)(=O)C3CC3)C2)CC1.